The molecule has 0 unspecified atom stereocenters. The fourth-order valence-corrected chi connectivity index (χ4v) is 3.53. The van der Waals surface area contributed by atoms with E-state index >= 15 is 0 Å². The topological polar surface area (TPSA) is 75.5 Å². The molecule has 2 heterocycles. The maximum absolute atomic E-state index is 14.2. The first-order chi connectivity index (χ1) is 11.8. The molecule has 2 aliphatic heterocycles. The number of hydrogen-bond donors (Lipinski definition) is 1. The lowest BCUT2D eigenvalue weighted by atomic mass is 9.92. The number of alkyl halides is 3. The van der Waals surface area contributed by atoms with Crippen molar-refractivity contribution in [1.82, 2.24) is 10.2 Å². The molecule has 0 radical (unpaired) electrons. The molecule has 134 valence electrons. The van der Waals surface area contributed by atoms with Crippen LogP contribution in [0.2, 0.25) is 0 Å². The minimum atomic E-state index is -4.86. The molecule has 1 aromatic rings. The standard InChI is InChI=1S/C16H16F3N3O3/c17-16(18,19)15(11-7-3-1-4-8-11)20-14(23)13(22(24)25)12-9-5-2-6-10-21(12)15/h1,3-4,7-8H,2,5-6,9-10H2,(H,20,23)/t15-/m1/s1. The summed E-state index contributed by atoms with van der Waals surface area (Å²) in [5, 5.41) is 13.2. The normalized spacial score (nSPS) is 24.4. The van der Waals surface area contributed by atoms with Gasteiger partial charge in [0.15, 0.2) is 0 Å². The Kier molecular flexibility index (Phi) is 4.18. The van der Waals surface area contributed by atoms with E-state index in [1.165, 1.54) is 24.3 Å². The predicted octanol–water partition coefficient (Wildman–Crippen LogP) is 2.90. The molecule has 1 atom stereocenters. The molecule has 0 aliphatic carbocycles. The Morgan fingerprint density at radius 3 is 2.44 bits per heavy atom. The molecule has 25 heavy (non-hydrogen) atoms. The number of halogens is 3. The van der Waals surface area contributed by atoms with Crippen LogP contribution < -0.4 is 5.32 Å². The van der Waals surface area contributed by atoms with E-state index in [1.54, 1.807) is 6.07 Å². The Labute approximate surface area is 141 Å². The van der Waals surface area contributed by atoms with Crippen LogP contribution in [0.3, 0.4) is 0 Å². The second-order valence-electron chi connectivity index (χ2n) is 6.04. The zero-order chi connectivity index (χ0) is 18.2. The maximum atomic E-state index is 14.2. The van der Waals surface area contributed by atoms with Crippen LogP contribution in [0, 0.1) is 10.1 Å². The molecule has 2 aliphatic rings. The van der Waals surface area contributed by atoms with Crippen molar-refractivity contribution in [3.05, 3.63) is 57.4 Å². The van der Waals surface area contributed by atoms with Gasteiger partial charge in [0.25, 0.3) is 0 Å². The first-order valence-corrected chi connectivity index (χ1v) is 7.89. The van der Waals surface area contributed by atoms with E-state index in [9.17, 15) is 28.1 Å². The number of amides is 1. The number of allylic oxidation sites excluding steroid dienone is 1. The molecule has 1 aromatic carbocycles. The van der Waals surface area contributed by atoms with Crippen LogP contribution in [0.5, 0.6) is 0 Å². The quantitative estimate of drug-likeness (QED) is 0.654. The first-order valence-electron chi connectivity index (χ1n) is 7.89. The number of nitro groups is 1. The van der Waals surface area contributed by atoms with Crippen molar-refractivity contribution in [1.29, 1.82) is 0 Å². The van der Waals surface area contributed by atoms with Crippen molar-refractivity contribution in [3.63, 3.8) is 0 Å². The summed E-state index contributed by atoms with van der Waals surface area (Å²) in [6.07, 6.45) is -3.20. The molecule has 1 fully saturated rings. The molecule has 0 aromatic heterocycles. The van der Waals surface area contributed by atoms with E-state index in [2.05, 4.69) is 0 Å². The maximum Gasteiger partial charge on any atom is 0.435 e. The van der Waals surface area contributed by atoms with E-state index in [0.717, 1.165) is 4.90 Å². The van der Waals surface area contributed by atoms with Crippen LogP contribution in [0.25, 0.3) is 0 Å². The van der Waals surface area contributed by atoms with Gasteiger partial charge in [-0.1, -0.05) is 36.8 Å². The zero-order valence-electron chi connectivity index (χ0n) is 13.2. The lowest BCUT2D eigenvalue weighted by Crippen LogP contribution is -2.69. The number of nitrogens with one attached hydrogen (secondary N) is 1. The molecular formula is C16H16F3N3O3. The summed E-state index contributed by atoms with van der Waals surface area (Å²) in [7, 11) is 0. The molecule has 3 rings (SSSR count). The molecular weight excluding hydrogens is 339 g/mol. The molecule has 6 nitrogen and oxygen atoms in total. The number of carbonyl (C=O) groups is 1. The van der Waals surface area contributed by atoms with Crippen molar-refractivity contribution >= 4 is 5.91 Å². The fraction of sp³-hybridized carbons (Fsp3) is 0.438. The van der Waals surface area contributed by atoms with Crippen molar-refractivity contribution in [2.45, 2.75) is 37.5 Å². The van der Waals surface area contributed by atoms with Gasteiger partial charge < -0.3 is 10.2 Å². The van der Waals surface area contributed by atoms with Crippen LogP contribution in [0.4, 0.5) is 13.2 Å². The van der Waals surface area contributed by atoms with Gasteiger partial charge >= 0.3 is 17.8 Å². The van der Waals surface area contributed by atoms with Crippen molar-refractivity contribution in [2.75, 3.05) is 6.54 Å². The summed E-state index contributed by atoms with van der Waals surface area (Å²) in [5.41, 5.74) is -3.91. The third kappa shape index (κ3) is 2.63. The minimum Gasteiger partial charge on any atom is -0.335 e. The number of carbonyl (C=O) groups excluding carboxylic acids is 1. The summed E-state index contributed by atoms with van der Waals surface area (Å²) >= 11 is 0. The Bertz CT molecular complexity index is 733. The molecule has 1 saturated heterocycles. The highest BCUT2D eigenvalue weighted by Crippen LogP contribution is 2.47. The van der Waals surface area contributed by atoms with E-state index in [-0.39, 0.29) is 24.2 Å². The van der Waals surface area contributed by atoms with Gasteiger partial charge in [-0.2, -0.15) is 13.2 Å². The molecule has 1 amide bonds. The highest BCUT2D eigenvalue weighted by atomic mass is 19.4. The number of hydrogen-bond acceptors (Lipinski definition) is 4. The largest absolute Gasteiger partial charge is 0.435 e. The monoisotopic (exact) mass is 355 g/mol. The highest BCUT2D eigenvalue weighted by Gasteiger charge is 2.65. The van der Waals surface area contributed by atoms with Crippen molar-refractivity contribution in [3.8, 4) is 0 Å². The van der Waals surface area contributed by atoms with Gasteiger partial charge in [-0.15, -0.1) is 0 Å². The van der Waals surface area contributed by atoms with Crippen LogP contribution in [-0.2, 0) is 10.5 Å². The second kappa shape index (κ2) is 6.05. The SMILES string of the molecule is O=C1N[C@@](c2ccccc2)(C(F)(F)F)N2CCCCCC2=C1[N+](=O)[O-]. The molecule has 0 spiro atoms. The molecule has 1 N–H and O–H groups in total. The molecule has 9 heteroatoms. The van der Waals surface area contributed by atoms with Crippen LogP contribution >= 0.6 is 0 Å². The van der Waals surface area contributed by atoms with Gasteiger partial charge in [0.1, 0.15) is 5.70 Å². The average molecular weight is 355 g/mol. The van der Waals surface area contributed by atoms with Gasteiger partial charge in [0.2, 0.25) is 5.66 Å². The second-order valence-corrected chi connectivity index (χ2v) is 6.04. The summed E-state index contributed by atoms with van der Waals surface area (Å²) in [6, 6.07) is 7.00. The van der Waals surface area contributed by atoms with E-state index < -0.39 is 28.4 Å². The summed E-state index contributed by atoms with van der Waals surface area (Å²) < 4.78 is 42.7. The van der Waals surface area contributed by atoms with Gasteiger partial charge in [-0.05, 0) is 19.3 Å². The number of rotatable bonds is 2. The summed E-state index contributed by atoms with van der Waals surface area (Å²) in [4.78, 5) is 23.7. The van der Waals surface area contributed by atoms with Crippen LogP contribution in [-0.4, -0.2) is 28.5 Å². The minimum absolute atomic E-state index is 0.0264. The number of nitrogens with zero attached hydrogens (tertiary/aromatic N) is 2. The smallest absolute Gasteiger partial charge is 0.335 e. The Morgan fingerprint density at radius 2 is 1.84 bits per heavy atom. The predicted molar refractivity (Wildman–Crippen MR) is 81.5 cm³/mol. The lowest BCUT2D eigenvalue weighted by Gasteiger charge is -2.48. The Balaban J connectivity index is 2.30. The van der Waals surface area contributed by atoms with Crippen LogP contribution in [0.1, 0.15) is 31.2 Å². The molecule has 0 saturated carbocycles. The number of fused-ring (bicyclic) bond motifs is 1. The van der Waals surface area contributed by atoms with Crippen molar-refractivity contribution < 1.29 is 22.9 Å². The fourth-order valence-electron chi connectivity index (χ4n) is 3.53. The van der Waals surface area contributed by atoms with Gasteiger partial charge in [-0.3, -0.25) is 14.9 Å². The summed E-state index contributed by atoms with van der Waals surface area (Å²) in [6.45, 7) is -0.0264. The Hall–Kier alpha value is -2.58. The van der Waals surface area contributed by atoms with E-state index in [4.69, 9.17) is 0 Å². The van der Waals surface area contributed by atoms with Crippen LogP contribution in [0.15, 0.2) is 41.7 Å². The van der Waals surface area contributed by atoms with E-state index in [1.807, 2.05) is 5.32 Å². The van der Waals surface area contributed by atoms with Gasteiger partial charge in [0, 0.05) is 12.1 Å². The Morgan fingerprint density at radius 1 is 1.16 bits per heavy atom. The van der Waals surface area contributed by atoms with E-state index in [0.29, 0.717) is 19.3 Å². The van der Waals surface area contributed by atoms with Gasteiger partial charge in [-0.25, -0.2) is 0 Å². The van der Waals surface area contributed by atoms with Gasteiger partial charge in [0.05, 0.1) is 4.92 Å². The highest BCUT2D eigenvalue weighted by molar-refractivity contribution is 5.93. The van der Waals surface area contributed by atoms with Crippen molar-refractivity contribution in [2.24, 2.45) is 0 Å². The summed E-state index contributed by atoms with van der Waals surface area (Å²) in [5.74, 6) is -1.31. The third-order valence-corrected chi connectivity index (χ3v) is 4.59. The molecule has 0 bridgehead atoms. The number of benzene rings is 1. The average Bonchev–Trinajstić information content (AvgIpc) is 2.79. The lowest BCUT2D eigenvalue weighted by molar-refractivity contribution is -0.424. The third-order valence-electron chi connectivity index (χ3n) is 4.59. The first kappa shape index (κ1) is 17.2. The zero-order valence-corrected chi connectivity index (χ0v) is 13.2.